The van der Waals surface area contributed by atoms with Crippen molar-refractivity contribution in [1.82, 2.24) is 5.01 Å². The van der Waals surface area contributed by atoms with Crippen molar-refractivity contribution in [2.24, 2.45) is 5.10 Å². The summed E-state index contributed by atoms with van der Waals surface area (Å²) in [4.78, 5) is 25.5. The van der Waals surface area contributed by atoms with Gasteiger partial charge in [-0.15, -0.1) is 0 Å². The van der Waals surface area contributed by atoms with Crippen molar-refractivity contribution in [3.63, 3.8) is 0 Å². The third kappa shape index (κ3) is 4.62. The van der Waals surface area contributed by atoms with E-state index < -0.39 is 17.9 Å². The number of carbonyl (C=O) groups excluding carboxylic acids is 2. The van der Waals surface area contributed by atoms with Gasteiger partial charge in [0.05, 0.1) is 11.3 Å². The minimum absolute atomic E-state index is 0.0374. The smallest absolute Gasteiger partial charge is 0.290 e. The van der Waals surface area contributed by atoms with Crippen molar-refractivity contribution < 1.29 is 14.3 Å². The second-order valence-electron chi connectivity index (χ2n) is 8.14. The van der Waals surface area contributed by atoms with E-state index >= 15 is 0 Å². The van der Waals surface area contributed by atoms with E-state index in [-0.39, 0.29) is 5.41 Å². The van der Waals surface area contributed by atoms with Crippen molar-refractivity contribution in [3.05, 3.63) is 71.3 Å². The number of rotatable bonds is 4. The Balaban J connectivity index is 1.72. The molecule has 5 nitrogen and oxygen atoms in total. The zero-order valence-corrected chi connectivity index (χ0v) is 17.5. The van der Waals surface area contributed by atoms with Crippen molar-refractivity contribution in [3.8, 4) is 5.75 Å². The van der Waals surface area contributed by atoms with E-state index in [1.165, 1.54) is 5.56 Å². The Labute approximate surface area is 171 Å². The highest BCUT2D eigenvalue weighted by Gasteiger charge is 2.35. The van der Waals surface area contributed by atoms with Gasteiger partial charge in [0.15, 0.2) is 6.10 Å². The van der Waals surface area contributed by atoms with Gasteiger partial charge in [0, 0.05) is 0 Å². The number of imide groups is 1. The minimum atomic E-state index is -0.841. The van der Waals surface area contributed by atoms with Gasteiger partial charge in [-0.1, -0.05) is 63.2 Å². The Morgan fingerprint density at radius 3 is 2.28 bits per heavy atom. The molecule has 5 heteroatoms. The summed E-state index contributed by atoms with van der Waals surface area (Å²) >= 11 is 0. The average Bonchev–Trinajstić information content (AvgIpc) is 2.96. The largest absolute Gasteiger partial charge is 0.481 e. The van der Waals surface area contributed by atoms with Gasteiger partial charge >= 0.3 is 0 Å². The van der Waals surface area contributed by atoms with Gasteiger partial charge in [-0.05, 0) is 48.6 Å². The molecule has 2 aromatic carbocycles. The molecule has 0 spiro atoms. The van der Waals surface area contributed by atoms with Crippen LogP contribution in [0.4, 0.5) is 0 Å². The van der Waals surface area contributed by atoms with E-state index in [1.807, 2.05) is 54.6 Å². The summed E-state index contributed by atoms with van der Waals surface area (Å²) in [5.41, 5.74) is 3.01. The lowest BCUT2D eigenvalue weighted by Gasteiger charge is -2.20. The maximum Gasteiger partial charge on any atom is 0.290 e. The SMILES string of the molecule is CC1=NN(C(=O)C(C)Oc2ccc(C(C)(C)C)cc2)C(=O)/C1=C\c1ccccc1. The Bertz CT molecular complexity index is 967. The molecule has 1 aliphatic heterocycles. The minimum Gasteiger partial charge on any atom is -0.481 e. The molecule has 0 aromatic heterocycles. The summed E-state index contributed by atoms with van der Waals surface area (Å²) in [5.74, 6) is -0.355. The first kappa shape index (κ1) is 20.5. The van der Waals surface area contributed by atoms with Gasteiger partial charge in [0.2, 0.25) is 0 Å². The van der Waals surface area contributed by atoms with Crippen molar-refractivity contribution >= 4 is 23.6 Å². The van der Waals surface area contributed by atoms with Crippen LogP contribution in [0.15, 0.2) is 65.3 Å². The fourth-order valence-electron chi connectivity index (χ4n) is 3.01. The maximum absolute atomic E-state index is 12.8. The van der Waals surface area contributed by atoms with Gasteiger partial charge in [0.1, 0.15) is 5.75 Å². The van der Waals surface area contributed by atoms with Crippen LogP contribution in [0, 0.1) is 0 Å². The number of carbonyl (C=O) groups is 2. The first-order valence-electron chi connectivity index (χ1n) is 9.64. The van der Waals surface area contributed by atoms with Gasteiger partial charge in [-0.2, -0.15) is 10.1 Å². The van der Waals surface area contributed by atoms with E-state index in [2.05, 4.69) is 25.9 Å². The summed E-state index contributed by atoms with van der Waals surface area (Å²) in [6, 6.07) is 17.1. The van der Waals surface area contributed by atoms with Gasteiger partial charge in [0.25, 0.3) is 11.8 Å². The molecule has 0 saturated carbocycles. The molecule has 1 heterocycles. The highest BCUT2D eigenvalue weighted by Crippen LogP contribution is 2.25. The number of hydrazone groups is 1. The van der Waals surface area contributed by atoms with E-state index in [0.717, 1.165) is 10.6 Å². The van der Waals surface area contributed by atoms with Crippen LogP contribution in [0.25, 0.3) is 6.08 Å². The summed E-state index contributed by atoms with van der Waals surface area (Å²) < 4.78 is 5.76. The van der Waals surface area contributed by atoms with Crippen LogP contribution in [-0.4, -0.2) is 28.6 Å². The molecular formula is C24H26N2O3. The summed E-state index contributed by atoms with van der Waals surface area (Å²) in [6.45, 7) is 9.74. The molecule has 2 aromatic rings. The molecule has 1 aliphatic rings. The Kier molecular flexibility index (Phi) is 5.69. The molecule has 3 rings (SSSR count). The average molecular weight is 390 g/mol. The standard InChI is InChI=1S/C24H26N2O3/c1-16-21(15-18-9-7-6-8-10-18)23(28)26(25-16)22(27)17(2)29-20-13-11-19(12-14-20)24(3,4)5/h6-15,17H,1-5H3/b21-15-. The molecule has 0 N–H and O–H groups in total. The summed E-state index contributed by atoms with van der Waals surface area (Å²) in [5, 5.41) is 5.06. The number of nitrogens with zero attached hydrogens (tertiary/aromatic N) is 2. The lowest BCUT2D eigenvalue weighted by Crippen LogP contribution is -2.39. The predicted octanol–water partition coefficient (Wildman–Crippen LogP) is 4.58. The van der Waals surface area contributed by atoms with Gasteiger partial charge < -0.3 is 4.74 Å². The molecule has 150 valence electrons. The van der Waals surface area contributed by atoms with E-state index in [1.54, 1.807) is 19.9 Å². The number of hydrogen-bond acceptors (Lipinski definition) is 4. The van der Waals surface area contributed by atoms with Crippen molar-refractivity contribution in [2.45, 2.75) is 46.1 Å². The summed E-state index contributed by atoms with van der Waals surface area (Å²) in [6.07, 6.45) is 0.901. The first-order chi connectivity index (χ1) is 13.7. The normalized spacial score (nSPS) is 16.7. The summed E-state index contributed by atoms with van der Waals surface area (Å²) in [7, 11) is 0. The quantitative estimate of drug-likeness (QED) is 0.718. The van der Waals surface area contributed by atoms with Crippen molar-refractivity contribution in [1.29, 1.82) is 0 Å². The fourth-order valence-corrected chi connectivity index (χ4v) is 3.01. The lowest BCUT2D eigenvalue weighted by atomic mass is 9.87. The van der Waals surface area contributed by atoms with Gasteiger partial charge in [-0.25, -0.2) is 0 Å². The molecule has 1 unspecified atom stereocenters. The lowest BCUT2D eigenvalue weighted by molar-refractivity contribution is -0.146. The molecule has 0 fully saturated rings. The molecule has 0 saturated heterocycles. The van der Waals surface area contributed by atoms with Crippen LogP contribution in [0.3, 0.4) is 0 Å². The van der Waals surface area contributed by atoms with Crippen LogP contribution < -0.4 is 4.74 Å². The van der Waals surface area contributed by atoms with Crippen LogP contribution in [-0.2, 0) is 15.0 Å². The van der Waals surface area contributed by atoms with E-state index in [4.69, 9.17) is 4.74 Å². The molecular weight excluding hydrogens is 364 g/mol. The third-order valence-corrected chi connectivity index (χ3v) is 4.76. The fraction of sp³-hybridized carbons (Fsp3) is 0.292. The number of benzene rings is 2. The highest BCUT2D eigenvalue weighted by atomic mass is 16.5. The third-order valence-electron chi connectivity index (χ3n) is 4.76. The topological polar surface area (TPSA) is 59.0 Å². The number of amides is 2. The van der Waals surface area contributed by atoms with E-state index in [9.17, 15) is 9.59 Å². The monoisotopic (exact) mass is 390 g/mol. The van der Waals surface area contributed by atoms with Crippen LogP contribution in [0.2, 0.25) is 0 Å². The highest BCUT2D eigenvalue weighted by molar-refractivity contribution is 6.29. The molecule has 0 bridgehead atoms. The molecule has 0 radical (unpaired) electrons. The Hall–Kier alpha value is -3.21. The molecule has 2 amide bonds. The molecule has 29 heavy (non-hydrogen) atoms. The molecule has 1 atom stereocenters. The Morgan fingerprint density at radius 2 is 1.69 bits per heavy atom. The second kappa shape index (κ2) is 8.03. The number of hydrogen-bond donors (Lipinski definition) is 0. The van der Waals surface area contributed by atoms with E-state index in [0.29, 0.717) is 17.0 Å². The van der Waals surface area contributed by atoms with Gasteiger partial charge in [-0.3, -0.25) is 9.59 Å². The zero-order valence-electron chi connectivity index (χ0n) is 17.5. The predicted molar refractivity (Wildman–Crippen MR) is 115 cm³/mol. The van der Waals surface area contributed by atoms with Crippen molar-refractivity contribution in [2.75, 3.05) is 0 Å². The molecule has 0 aliphatic carbocycles. The maximum atomic E-state index is 12.8. The zero-order chi connectivity index (χ0) is 21.2. The Morgan fingerprint density at radius 1 is 1.07 bits per heavy atom. The van der Waals surface area contributed by atoms with Crippen LogP contribution in [0.1, 0.15) is 45.7 Å². The second-order valence-corrected chi connectivity index (χ2v) is 8.14. The first-order valence-corrected chi connectivity index (χ1v) is 9.64. The van der Waals surface area contributed by atoms with Crippen LogP contribution >= 0.6 is 0 Å². The van der Waals surface area contributed by atoms with Crippen LogP contribution in [0.5, 0.6) is 5.75 Å². The number of ether oxygens (including phenoxy) is 1.